The van der Waals surface area contributed by atoms with E-state index in [4.69, 9.17) is 0 Å². The van der Waals surface area contributed by atoms with Crippen LogP contribution >= 0.6 is 0 Å². The van der Waals surface area contributed by atoms with E-state index < -0.39 is 29.1 Å². The van der Waals surface area contributed by atoms with Gasteiger partial charge in [-0.1, -0.05) is 12.1 Å². The number of benzene rings is 1. The van der Waals surface area contributed by atoms with Crippen LogP contribution in [0.3, 0.4) is 0 Å². The Morgan fingerprint density at radius 2 is 1.92 bits per heavy atom. The van der Waals surface area contributed by atoms with E-state index in [0.717, 1.165) is 6.07 Å². The second-order valence-corrected chi connectivity index (χ2v) is 6.59. The molecule has 3 nitrogen and oxygen atoms in total. The molecule has 2 heterocycles. The van der Waals surface area contributed by atoms with Crippen molar-refractivity contribution in [2.24, 2.45) is 0 Å². The van der Waals surface area contributed by atoms with Gasteiger partial charge in [-0.3, -0.25) is 0 Å². The maximum atomic E-state index is 14.1. The summed E-state index contributed by atoms with van der Waals surface area (Å²) < 4.78 is 69.4. The molecule has 132 valence electrons. The monoisotopic (exact) mass is 355 g/mol. The molecule has 0 bridgehead atoms. The van der Waals surface area contributed by atoms with E-state index in [1.807, 2.05) is 0 Å². The summed E-state index contributed by atoms with van der Waals surface area (Å²) in [6.07, 6.45) is -0.712. The quantitative estimate of drug-likeness (QED) is 0.758. The van der Waals surface area contributed by atoms with Crippen molar-refractivity contribution in [1.82, 2.24) is 14.8 Å². The Kier molecular flexibility index (Phi) is 3.63. The summed E-state index contributed by atoms with van der Waals surface area (Å²) in [5.41, 5.74) is -1.82. The molecule has 1 saturated carbocycles. The third-order valence-electron chi connectivity index (χ3n) is 5.07. The molecule has 0 unspecified atom stereocenters. The molecular formula is C17H14F5N3. The molecule has 0 spiro atoms. The molecule has 0 saturated heterocycles. The van der Waals surface area contributed by atoms with Crippen LogP contribution in [0.1, 0.15) is 48.8 Å². The number of rotatable bonds is 2. The minimum atomic E-state index is -4.41. The van der Waals surface area contributed by atoms with Crippen LogP contribution in [-0.4, -0.2) is 20.9 Å². The van der Waals surface area contributed by atoms with Gasteiger partial charge >= 0.3 is 6.18 Å². The smallest absolute Gasteiger partial charge is 0.313 e. The zero-order valence-corrected chi connectivity index (χ0v) is 13.1. The highest BCUT2D eigenvalue weighted by Gasteiger charge is 2.67. The highest BCUT2D eigenvalue weighted by Crippen LogP contribution is 2.58. The van der Waals surface area contributed by atoms with Crippen LogP contribution in [0.15, 0.2) is 18.2 Å². The summed E-state index contributed by atoms with van der Waals surface area (Å²) in [7, 11) is 0. The second-order valence-electron chi connectivity index (χ2n) is 6.59. The van der Waals surface area contributed by atoms with Crippen LogP contribution in [0, 0.1) is 18.1 Å². The number of alkyl halides is 3. The first-order valence-electron chi connectivity index (χ1n) is 8.02. The molecule has 1 aliphatic heterocycles. The van der Waals surface area contributed by atoms with Crippen LogP contribution in [0.2, 0.25) is 0 Å². The maximum Gasteiger partial charge on any atom is 0.401 e. The number of nitrogens with zero attached hydrogens (tertiary/aromatic N) is 3. The number of halogens is 5. The van der Waals surface area contributed by atoms with E-state index in [-0.39, 0.29) is 36.6 Å². The average Bonchev–Trinajstić information content (AvgIpc) is 3.31. The molecule has 4 rings (SSSR count). The minimum Gasteiger partial charge on any atom is -0.313 e. The van der Waals surface area contributed by atoms with Gasteiger partial charge in [0.1, 0.15) is 17.1 Å². The Hall–Kier alpha value is -1.99. The van der Waals surface area contributed by atoms with E-state index in [9.17, 15) is 22.0 Å². The van der Waals surface area contributed by atoms with Crippen LogP contribution in [-0.2, 0) is 12.0 Å². The Balaban J connectivity index is 1.74. The van der Waals surface area contributed by atoms with E-state index in [1.54, 1.807) is 0 Å². The number of fused-ring (bicyclic) bond motifs is 1. The SMILES string of the molecule is Fc1cccc([C@@H]2CC[C]c3nnc(C4(C(F)(F)F)CC4)n3C2)c1F. The molecular weight excluding hydrogens is 341 g/mol. The molecule has 1 atom stereocenters. The predicted molar refractivity (Wildman–Crippen MR) is 77.7 cm³/mol. The lowest BCUT2D eigenvalue weighted by atomic mass is 9.93. The standard InChI is InChI=1S/C17H14F5N3/c18-12-5-2-4-11(14(12)19)10-3-1-6-13-23-24-15(25(13)9-10)16(7-8-16)17(20,21)22/h2,4-5,10H,1,3,7-9H2/t10-/m1/s1. The van der Waals surface area contributed by atoms with Gasteiger partial charge in [-0.25, -0.2) is 8.78 Å². The Bertz CT molecular complexity index is 807. The van der Waals surface area contributed by atoms with Crippen molar-refractivity contribution in [2.75, 3.05) is 0 Å². The average molecular weight is 355 g/mol. The highest BCUT2D eigenvalue weighted by atomic mass is 19.4. The summed E-state index contributed by atoms with van der Waals surface area (Å²) >= 11 is 0. The lowest BCUT2D eigenvalue weighted by Gasteiger charge is -2.22. The number of aromatic nitrogens is 3. The fourth-order valence-corrected chi connectivity index (χ4v) is 3.48. The van der Waals surface area contributed by atoms with Crippen LogP contribution < -0.4 is 0 Å². The zero-order valence-electron chi connectivity index (χ0n) is 13.1. The number of hydrogen-bond acceptors (Lipinski definition) is 2. The third kappa shape index (κ3) is 2.53. The zero-order chi connectivity index (χ0) is 17.8. The maximum absolute atomic E-state index is 14.1. The largest absolute Gasteiger partial charge is 0.401 e. The fraction of sp³-hybridized carbons (Fsp3) is 0.471. The Morgan fingerprint density at radius 1 is 1.16 bits per heavy atom. The van der Waals surface area contributed by atoms with Gasteiger partial charge in [0.05, 0.1) is 6.42 Å². The lowest BCUT2D eigenvalue weighted by Crippen LogP contribution is -2.32. The van der Waals surface area contributed by atoms with Crippen molar-refractivity contribution in [1.29, 1.82) is 0 Å². The fourth-order valence-electron chi connectivity index (χ4n) is 3.48. The molecule has 8 heteroatoms. The number of hydrogen-bond donors (Lipinski definition) is 0. The molecule has 1 aliphatic carbocycles. The van der Waals surface area contributed by atoms with Crippen LogP contribution in [0.4, 0.5) is 22.0 Å². The molecule has 2 aromatic rings. The molecule has 2 aliphatic rings. The van der Waals surface area contributed by atoms with Crippen molar-refractivity contribution in [3.63, 3.8) is 0 Å². The van der Waals surface area contributed by atoms with Gasteiger partial charge in [0, 0.05) is 12.5 Å². The van der Waals surface area contributed by atoms with Crippen molar-refractivity contribution >= 4 is 0 Å². The first-order valence-corrected chi connectivity index (χ1v) is 8.02. The van der Waals surface area contributed by atoms with E-state index in [0.29, 0.717) is 12.8 Å². The molecule has 0 N–H and O–H groups in total. The summed E-state index contributed by atoms with van der Waals surface area (Å²) in [6, 6.07) is 3.89. The normalized spacial score (nSPS) is 22.4. The van der Waals surface area contributed by atoms with Gasteiger partial charge < -0.3 is 4.57 Å². The van der Waals surface area contributed by atoms with Crippen molar-refractivity contribution in [2.45, 2.75) is 49.7 Å². The van der Waals surface area contributed by atoms with Gasteiger partial charge in [0.2, 0.25) is 0 Å². The molecule has 1 aromatic carbocycles. The van der Waals surface area contributed by atoms with Crippen molar-refractivity contribution in [3.8, 4) is 0 Å². The van der Waals surface area contributed by atoms with Crippen LogP contribution in [0.25, 0.3) is 0 Å². The van der Waals surface area contributed by atoms with Gasteiger partial charge in [0.25, 0.3) is 0 Å². The highest BCUT2D eigenvalue weighted by molar-refractivity contribution is 5.28. The molecule has 1 aromatic heterocycles. The predicted octanol–water partition coefficient (Wildman–Crippen LogP) is 4.16. The summed E-state index contributed by atoms with van der Waals surface area (Å²) in [6.45, 7) is 0.0723. The Morgan fingerprint density at radius 3 is 2.60 bits per heavy atom. The van der Waals surface area contributed by atoms with E-state index in [2.05, 4.69) is 16.6 Å². The van der Waals surface area contributed by atoms with Gasteiger partial charge in [-0.05, 0) is 37.3 Å². The van der Waals surface area contributed by atoms with E-state index >= 15 is 0 Å². The minimum absolute atomic E-state index is 0.0341. The molecule has 0 amide bonds. The van der Waals surface area contributed by atoms with E-state index in [1.165, 1.54) is 16.7 Å². The summed E-state index contributed by atoms with van der Waals surface area (Å²) in [5, 5.41) is 7.61. The Labute approximate surface area is 140 Å². The third-order valence-corrected chi connectivity index (χ3v) is 5.07. The summed E-state index contributed by atoms with van der Waals surface area (Å²) in [5.74, 6) is -2.30. The molecule has 25 heavy (non-hydrogen) atoms. The second kappa shape index (κ2) is 5.51. The van der Waals surface area contributed by atoms with Gasteiger partial charge in [0.15, 0.2) is 11.6 Å². The van der Waals surface area contributed by atoms with Gasteiger partial charge in [-0.2, -0.15) is 13.2 Å². The van der Waals surface area contributed by atoms with Crippen LogP contribution in [0.5, 0.6) is 0 Å². The molecule has 2 radical (unpaired) electrons. The van der Waals surface area contributed by atoms with Crippen molar-refractivity contribution < 1.29 is 22.0 Å². The first-order chi connectivity index (χ1) is 11.8. The first kappa shape index (κ1) is 16.5. The van der Waals surface area contributed by atoms with Crippen molar-refractivity contribution in [3.05, 3.63) is 53.5 Å². The van der Waals surface area contributed by atoms with Gasteiger partial charge in [-0.15, -0.1) is 10.2 Å². The summed E-state index contributed by atoms with van der Waals surface area (Å²) in [4.78, 5) is 0. The topological polar surface area (TPSA) is 30.7 Å². The molecule has 1 fully saturated rings. The lowest BCUT2D eigenvalue weighted by molar-refractivity contribution is -0.163.